The van der Waals surface area contributed by atoms with Crippen LogP contribution in [-0.4, -0.2) is 51.1 Å². The topological polar surface area (TPSA) is 67.9 Å². The summed E-state index contributed by atoms with van der Waals surface area (Å²) in [6, 6.07) is 12.8. The number of hydrogen-bond acceptors (Lipinski definition) is 4. The Morgan fingerprint density at radius 3 is 2.43 bits per heavy atom. The number of anilines is 1. The van der Waals surface area contributed by atoms with Crippen LogP contribution >= 0.6 is 15.9 Å². The van der Waals surface area contributed by atoms with E-state index in [-0.39, 0.29) is 11.8 Å². The molecule has 0 aliphatic heterocycles. The lowest BCUT2D eigenvalue weighted by Crippen LogP contribution is -2.21. The van der Waals surface area contributed by atoms with Crippen LogP contribution in [-0.2, 0) is 16.0 Å². The quantitative estimate of drug-likeness (QED) is 0.593. The largest absolute Gasteiger partial charge is 0.490 e. The first kappa shape index (κ1) is 21.9. The SMILES string of the molecule is COCCOc1ccc(Br)cc1C(=O)Nc1ccc(CCC(=O)N(C)C)cc1. The molecular formula is C21H25BrN2O4. The van der Waals surface area contributed by atoms with E-state index in [0.717, 1.165) is 10.0 Å². The predicted octanol–water partition coefficient (Wildman–Crippen LogP) is 3.75. The van der Waals surface area contributed by atoms with E-state index in [4.69, 9.17) is 9.47 Å². The predicted molar refractivity (Wildman–Crippen MR) is 113 cm³/mol. The molecule has 0 aromatic heterocycles. The van der Waals surface area contributed by atoms with Crippen molar-refractivity contribution in [2.45, 2.75) is 12.8 Å². The van der Waals surface area contributed by atoms with Crippen LogP contribution in [0.4, 0.5) is 5.69 Å². The summed E-state index contributed by atoms with van der Waals surface area (Å²) in [6.45, 7) is 0.799. The molecule has 28 heavy (non-hydrogen) atoms. The second-order valence-electron chi connectivity index (χ2n) is 6.42. The van der Waals surface area contributed by atoms with Gasteiger partial charge in [-0.25, -0.2) is 0 Å². The van der Waals surface area contributed by atoms with Crippen molar-refractivity contribution in [2.24, 2.45) is 0 Å². The number of aryl methyl sites for hydroxylation is 1. The number of carbonyl (C=O) groups excluding carboxylic acids is 2. The summed E-state index contributed by atoms with van der Waals surface area (Å²) in [6.07, 6.45) is 1.12. The zero-order chi connectivity index (χ0) is 20.5. The van der Waals surface area contributed by atoms with E-state index in [1.165, 1.54) is 0 Å². The van der Waals surface area contributed by atoms with E-state index < -0.39 is 0 Å². The highest BCUT2D eigenvalue weighted by Crippen LogP contribution is 2.24. The number of benzene rings is 2. The number of amides is 2. The summed E-state index contributed by atoms with van der Waals surface area (Å²) in [7, 11) is 5.09. The van der Waals surface area contributed by atoms with Crippen molar-refractivity contribution >= 4 is 33.4 Å². The maximum atomic E-state index is 12.7. The molecule has 2 amide bonds. The van der Waals surface area contributed by atoms with Gasteiger partial charge in [-0.15, -0.1) is 0 Å². The minimum absolute atomic E-state index is 0.0908. The van der Waals surface area contributed by atoms with Crippen molar-refractivity contribution in [1.82, 2.24) is 4.90 Å². The number of methoxy groups -OCH3 is 1. The molecule has 0 aliphatic carbocycles. The van der Waals surface area contributed by atoms with Crippen molar-refractivity contribution in [1.29, 1.82) is 0 Å². The van der Waals surface area contributed by atoms with Crippen molar-refractivity contribution in [3.05, 3.63) is 58.1 Å². The first-order chi connectivity index (χ1) is 13.4. The van der Waals surface area contributed by atoms with Crippen LogP contribution in [0.5, 0.6) is 5.75 Å². The van der Waals surface area contributed by atoms with Gasteiger partial charge in [-0.1, -0.05) is 28.1 Å². The van der Waals surface area contributed by atoms with Crippen LogP contribution in [0.3, 0.4) is 0 Å². The molecule has 0 radical (unpaired) electrons. The smallest absolute Gasteiger partial charge is 0.259 e. The van der Waals surface area contributed by atoms with Crippen molar-refractivity contribution in [3.8, 4) is 5.75 Å². The number of hydrogen-bond donors (Lipinski definition) is 1. The molecular weight excluding hydrogens is 424 g/mol. The van der Waals surface area contributed by atoms with Crippen molar-refractivity contribution in [2.75, 3.05) is 39.7 Å². The maximum Gasteiger partial charge on any atom is 0.259 e. The summed E-state index contributed by atoms with van der Waals surface area (Å²) < 4.78 is 11.4. The van der Waals surface area contributed by atoms with E-state index in [9.17, 15) is 9.59 Å². The Morgan fingerprint density at radius 2 is 1.79 bits per heavy atom. The van der Waals surface area contributed by atoms with Gasteiger partial charge >= 0.3 is 0 Å². The number of rotatable bonds is 9. The molecule has 0 aliphatic rings. The lowest BCUT2D eigenvalue weighted by molar-refractivity contribution is -0.128. The number of nitrogens with zero attached hydrogens (tertiary/aromatic N) is 1. The standard InChI is InChI=1S/C21H25BrN2O4/c1-24(2)20(25)11-6-15-4-8-17(9-5-15)23-21(26)18-14-16(22)7-10-19(18)28-13-12-27-3/h4-5,7-10,14H,6,11-13H2,1-3H3,(H,23,26). The van der Waals surface area contributed by atoms with E-state index >= 15 is 0 Å². The van der Waals surface area contributed by atoms with Crippen LogP contribution < -0.4 is 10.1 Å². The average molecular weight is 449 g/mol. The zero-order valence-electron chi connectivity index (χ0n) is 16.3. The van der Waals surface area contributed by atoms with E-state index in [1.54, 1.807) is 38.2 Å². The van der Waals surface area contributed by atoms with Gasteiger partial charge in [0.1, 0.15) is 12.4 Å². The molecule has 0 fully saturated rings. The summed E-state index contributed by atoms with van der Waals surface area (Å²) >= 11 is 3.39. The lowest BCUT2D eigenvalue weighted by atomic mass is 10.1. The van der Waals surface area contributed by atoms with Gasteiger partial charge in [0.25, 0.3) is 5.91 Å². The van der Waals surface area contributed by atoms with Gasteiger partial charge in [0.2, 0.25) is 5.91 Å². The molecule has 0 heterocycles. The fraction of sp³-hybridized carbons (Fsp3) is 0.333. The van der Waals surface area contributed by atoms with Crippen LogP contribution in [0.25, 0.3) is 0 Å². The third-order valence-electron chi connectivity index (χ3n) is 4.07. The highest BCUT2D eigenvalue weighted by molar-refractivity contribution is 9.10. The van der Waals surface area contributed by atoms with Gasteiger partial charge in [0.15, 0.2) is 0 Å². The number of ether oxygens (including phenoxy) is 2. The first-order valence-electron chi connectivity index (χ1n) is 8.92. The van der Waals surface area contributed by atoms with Gasteiger partial charge in [0.05, 0.1) is 12.2 Å². The normalized spacial score (nSPS) is 10.4. The minimum Gasteiger partial charge on any atom is -0.490 e. The second kappa shape index (κ2) is 10.8. The molecule has 2 rings (SSSR count). The number of nitrogens with one attached hydrogen (secondary N) is 1. The molecule has 2 aromatic rings. The molecule has 2 aromatic carbocycles. The van der Waals surface area contributed by atoms with Gasteiger partial charge in [-0.3, -0.25) is 9.59 Å². The molecule has 1 N–H and O–H groups in total. The molecule has 0 saturated carbocycles. The first-order valence-corrected chi connectivity index (χ1v) is 9.71. The number of halogens is 1. The monoisotopic (exact) mass is 448 g/mol. The van der Waals surface area contributed by atoms with E-state index in [2.05, 4.69) is 21.2 Å². The van der Waals surface area contributed by atoms with Crippen LogP contribution in [0, 0.1) is 0 Å². The van der Waals surface area contributed by atoms with Crippen LogP contribution in [0.1, 0.15) is 22.3 Å². The zero-order valence-corrected chi connectivity index (χ0v) is 17.9. The Labute approximate surface area is 174 Å². The molecule has 7 heteroatoms. The molecule has 0 saturated heterocycles. The Kier molecular flexibility index (Phi) is 8.47. The van der Waals surface area contributed by atoms with E-state index in [1.807, 2.05) is 30.3 Å². The van der Waals surface area contributed by atoms with Crippen molar-refractivity contribution in [3.63, 3.8) is 0 Å². The highest BCUT2D eigenvalue weighted by Gasteiger charge is 2.14. The number of carbonyl (C=O) groups is 2. The van der Waals surface area contributed by atoms with Crippen molar-refractivity contribution < 1.29 is 19.1 Å². The summed E-state index contributed by atoms with van der Waals surface area (Å²) in [4.78, 5) is 26.0. The lowest BCUT2D eigenvalue weighted by Gasteiger charge is -2.13. The Bertz CT molecular complexity index is 807. The fourth-order valence-electron chi connectivity index (χ4n) is 2.47. The van der Waals surface area contributed by atoms with Gasteiger partial charge in [0, 0.05) is 37.8 Å². The second-order valence-corrected chi connectivity index (χ2v) is 7.34. The van der Waals surface area contributed by atoms with Gasteiger partial charge in [-0.05, 0) is 42.3 Å². The maximum absolute atomic E-state index is 12.7. The molecule has 0 spiro atoms. The van der Waals surface area contributed by atoms with Gasteiger partial charge < -0.3 is 19.7 Å². The van der Waals surface area contributed by atoms with Crippen LogP contribution in [0.15, 0.2) is 46.9 Å². The Balaban J connectivity index is 2.02. The third kappa shape index (κ3) is 6.65. The molecule has 0 bridgehead atoms. The van der Waals surface area contributed by atoms with Gasteiger partial charge in [-0.2, -0.15) is 0 Å². The Hall–Kier alpha value is -2.38. The third-order valence-corrected chi connectivity index (χ3v) is 4.56. The van der Waals surface area contributed by atoms with Crippen LogP contribution in [0.2, 0.25) is 0 Å². The minimum atomic E-state index is -0.260. The summed E-state index contributed by atoms with van der Waals surface area (Å²) in [5.74, 6) is 0.328. The molecule has 150 valence electrons. The molecule has 0 atom stereocenters. The molecule has 6 nitrogen and oxygen atoms in total. The summed E-state index contributed by atoms with van der Waals surface area (Å²) in [5.41, 5.74) is 2.15. The fourth-order valence-corrected chi connectivity index (χ4v) is 2.83. The Morgan fingerprint density at radius 1 is 1.07 bits per heavy atom. The average Bonchev–Trinajstić information content (AvgIpc) is 2.68. The summed E-state index contributed by atoms with van der Waals surface area (Å²) in [5, 5.41) is 2.88. The highest BCUT2D eigenvalue weighted by atomic mass is 79.9. The molecule has 0 unspecified atom stereocenters. The van der Waals surface area contributed by atoms with E-state index in [0.29, 0.717) is 43.1 Å².